The molecule has 0 bridgehead atoms. The molecule has 0 saturated heterocycles. The maximum Gasteiger partial charge on any atom is 0.142 e. The van der Waals surface area contributed by atoms with Crippen molar-refractivity contribution in [2.45, 2.75) is 19.8 Å². The zero-order valence-electron chi connectivity index (χ0n) is 8.08. The third-order valence-corrected chi connectivity index (χ3v) is 1.85. The summed E-state index contributed by atoms with van der Waals surface area (Å²) in [6.07, 6.45) is 2.51. The molecule has 0 amide bonds. The van der Waals surface area contributed by atoms with Crippen LogP contribution in [0.1, 0.15) is 17.8 Å². The first-order valence-corrected chi connectivity index (χ1v) is 4.25. The standard InChI is InChI=1S/C10H14N2O/c1-4-5-10(13)7-9-6-8(2)11-12(9)3/h4,6H,1,5,7H2,2-3H3. The second-order valence-corrected chi connectivity index (χ2v) is 3.11. The lowest BCUT2D eigenvalue weighted by atomic mass is 10.1. The molecule has 0 aliphatic carbocycles. The molecule has 70 valence electrons. The molecule has 1 aromatic rings. The first-order valence-electron chi connectivity index (χ1n) is 4.25. The van der Waals surface area contributed by atoms with E-state index >= 15 is 0 Å². The molecule has 0 spiro atoms. The molecular weight excluding hydrogens is 164 g/mol. The fourth-order valence-electron chi connectivity index (χ4n) is 1.26. The number of allylic oxidation sites excluding steroid dienone is 1. The maximum atomic E-state index is 11.3. The molecular formula is C10H14N2O. The third kappa shape index (κ3) is 2.54. The van der Waals surface area contributed by atoms with Crippen molar-refractivity contribution in [2.75, 3.05) is 0 Å². The molecule has 0 aliphatic heterocycles. The van der Waals surface area contributed by atoms with E-state index in [4.69, 9.17) is 0 Å². The average molecular weight is 178 g/mol. The van der Waals surface area contributed by atoms with Crippen molar-refractivity contribution in [3.05, 3.63) is 30.1 Å². The van der Waals surface area contributed by atoms with Crippen LogP contribution in [0.3, 0.4) is 0 Å². The van der Waals surface area contributed by atoms with Crippen molar-refractivity contribution in [3.8, 4) is 0 Å². The Bertz CT molecular complexity index is 326. The van der Waals surface area contributed by atoms with E-state index in [2.05, 4.69) is 11.7 Å². The molecule has 3 heteroatoms. The lowest BCUT2D eigenvalue weighted by Crippen LogP contribution is -2.06. The van der Waals surface area contributed by atoms with Gasteiger partial charge in [0.15, 0.2) is 0 Å². The number of rotatable bonds is 4. The van der Waals surface area contributed by atoms with E-state index in [0.717, 1.165) is 11.4 Å². The van der Waals surface area contributed by atoms with E-state index in [1.54, 1.807) is 10.8 Å². The van der Waals surface area contributed by atoms with Gasteiger partial charge < -0.3 is 0 Å². The topological polar surface area (TPSA) is 34.9 Å². The van der Waals surface area contributed by atoms with Crippen LogP contribution < -0.4 is 0 Å². The van der Waals surface area contributed by atoms with Gasteiger partial charge in [-0.1, -0.05) is 6.08 Å². The van der Waals surface area contributed by atoms with Crippen molar-refractivity contribution in [1.29, 1.82) is 0 Å². The lowest BCUT2D eigenvalue weighted by Gasteiger charge is -1.98. The zero-order valence-corrected chi connectivity index (χ0v) is 8.08. The van der Waals surface area contributed by atoms with Crippen LogP contribution in [0.25, 0.3) is 0 Å². The molecule has 0 aromatic carbocycles. The Morgan fingerprint density at radius 1 is 1.77 bits per heavy atom. The summed E-state index contributed by atoms with van der Waals surface area (Å²) in [6.45, 7) is 5.44. The number of aryl methyl sites for hydroxylation is 2. The number of ketones is 1. The summed E-state index contributed by atoms with van der Waals surface area (Å²) in [4.78, 5) is 11.3. The molecule has 0 aliphatic rings. The van der Waals surface area contributed by atoms with Gasteiger partial charge in [0.2, 0.25) is 0 Å². The van der Waals surface area contributed by atoms with Gasteiger partial charge in [0.1, 0.15) is 5.78 Å². The van der Waals surface area contributed by atoms with Crippen molar-refractivity contribution < 1.29 is 4.79 Å². The summed E-state index contributed by atoms with van der Waals surface area (Å²) in [5, 5.41) is 4.16. The van der Waals surface area contributed by atoms with Crippen LogP contribution in [0.2, 0.25) is 0 Å². The van der Waals surface area contributed by atoms with Crippen LogP contribution in [0.5, 0.6) is 0 Å². The van der Waals surface area contributed by atoms with Gasteiger partial charge in [-0.15, -0.1) is 6.58 Å². The molecule has 0 unspecified atom stereocenters. The second-order valence-electron chi connectivity index (χ2n) is 3.11. The monoisotopic (exact) mass is 178 g/mol. The Labute approximate surface area is 78.1 Å². The van der Waals surface area contributed by atoms with Crippen molar-refractivity contribution in [1.82, 2.24) is 9.78 Å². The minimum Gasteiger partial charge on any atom is -0.299 e. The first kappa shape index (κ1) is 9.71. The molecule has 1 aromatic heterocycles. The van der Waals surface area contributed by atoms with Gasteiger partial charge in [0.05, 0.1) is 5.69 Å². The largest absolute Gasteiger partial charge is 0.299 e. The van der Waals surface area contributed by atoms with E-state index in [1.807, 2.05) is 20.0 Å². The minimum absolute atomic E-state index is 0.179. The van der Waals surface area contributed by atoms with Crippen molar-refractivity contribution >= 4 is 5.78 Å². The van der Waals surface area contributed by atoms with Gasteiger partial charge in [-0.05, 0) is 13.0 Å². The van der Waals surface area contributed by atoms with E-state index < -0.39 is 0 Å². The van der Waals surface area contributed by atoms with E-state index in [0.29, 0.717) is 12.8 Å². The van der Waals surface area contributed by atoms with Crippen LogP contribution in [0.15, 0.2) is 18.7 Å². The van der Waals surface area contributed by atoms with E-state index in [1.165, 1.54) is 0 Å². The van der Waals surface area contributed by atoms with Gasteiger partial charge >= 0.3 is 0 Å². The summed E-state index contributed by atoms with van der Waals surface area (Å²) in [7, 11) is 1.85. The van der Waals surface area contributed by atoms with Gasteiger partial charge in [-0.2, -0.15) is 5.10 Å². The number of aromatic nitrogens is 2. The normalized spacial score (nSPS) is 10.0. The molecule has 0 radical (unpaired) electrons. The van der Waals surface area contributed by atoms with E-state index in [-0.39, 0.29) is 5.78 Å². The van der Waals surface area contributed by atoms with Gasteiger partial charge in [-0.25, -0.2) is 0 Å². The minimum atomic E-state index is 0.179. The molecule has 0 fully saturated rings. The fourth-order valence-corrected chi connectivity index (χ4v) is 1.26. The summed E-state index contributed by atoms with van der Waals surface area (Å²) in [5.41, 5.74) is 1.91. The maximum absolute atomic E-state index is 11.3. The molecule has 1 rings (SSSR count). The van der Waals surface area contributed by atoms with E-state index in [9.17, 15) is 4.79 Å². The van der Waals surface area contributed by atoms with Crippen molar-refractivity contribution in [2.24, 2.45) is 7.05 Å². The molecule has 0 saturated carbocycles. The number of hydrogen-bond acceptors (Lipinski definition) is 2. The highest BCUT2D eigenvalue weighted by Crippen LogP contribution is 2.04. The fraction of sp³-hybridized carbons (Fsp3) is 0.400. The average Bonchev–Trinajstić information content (AvgIpc) is 2.30. The Morgan fingerprint density at radius 3 is 2.92 bits per heavy atom. The SMILES string of the molecule is C=CCC(=O)Cc1cc(C)nn1C. The summed E-state index contributed by atoms with van der Waals surface area (Å²) in [5.74, 6) is 0.179. The predicted molar refractivity (Wildman–Crippen MR) is 51.5 cm³/mol. The highest BCUT2D eigenvalue weighted by Gasteiger charge is 2.06. The molecule has 3 nitrogen and oxygen atoms in total. The summed E-state index contributed by atoms with van der Waals surface area (Å²) >= 11 is 0. The smallest absolute Gasteiger partial charge is 0.142 e. The second kappa shape index (κ2) is 4.03. The molecule has 0 atom stereocenters. The third-order valence-electron chi connectivity index (χ3n) is 1.85. The van der Waals surface area contributed by atoms with Gasteiger partial charge in [0.25, 0.3) is 0 Å². The number of Topliss-reactive ketones (excluding diaryl/α,β-unsaturated/α-hetero) is 1. The number of carbonyl (C=O) groups excluding carboxylic acids is 1. The Balaban J connectivity index is 2.68. The number of nitrogens with zero attached hydrogens (tertiary/aromatic N) is 2. The Kier molecular flexibility index (Phi) is 3.01. The molecule has 13 heavy (non-hydrogen) atoms. The van der Waals surface area contributed by atoms with Gasteiger partial charge in [0, 0.05) is 25.6 Å². The number of carbonyl (C=O) groups is 1. The van der Waals surface area contributed by atoms with Crippen LogP contribution in [0.4, 0.5) is 0 Å². The molecule has 0 N–H and O–H groups in total. The highest BCUT2D eigenvalue weighted by atomic mass is 16.1. The Hall–Kier alpha value is -1.38. The summed E-state index contributed by atoms with van der Waals surface area (Å²) < 4.78 is 1.75. The highest BCUT2D eigenvalue weighted by molar-refractivity contribution is 5.81. The lowest BCUT2D eigenvalue weighted by molar-refractivity contribution is -0.117. The molecule has 1 heterocycles. The summed E-state index contributed by atoms with van der Waals surface area (Å²) in [6, 6.07) is 1.93. The van der Waals surface area contributed by atoms with Crippen LogP contribution in [-0.4, -0.2) is 15.6 Å². The first-order chi connectivity index (χ1) is 6.13. The van der Waals surface area contributed by atoms with Crippen LogP contribution >= 0.6 is 0 Å². The number of hydrogen-bond donors (Lipinski definition) is 0. The van der Waals surface area contributed by atoms with Crippen LogP contribution in [0, 0.1) is 6.92 Å². The van der Waals surface area contributed by atoms with Gasteiger partial charge in [-0.3, -0.25) is 9.48 Å². The Morgan fingerprint density at radius 2 is 2.46 bits per heavy atom. The van der Waals surface area contributed by atoms with Crippen LogP contribution in [-0.2, 0) is 18.3 Å². The quantitative estimate of drug-likeness (QED) is 0.653. The van der Waals surface area contributed by atoms with Crippen molar-refractivity contribution in [3.63, 3.8) is 0 Å². The predicted octanol–water partition coefficient (Wildman–Crippen LogP) is 1.42. The zero-order chi connectivity index (χ0) is 9.84.